The smallest absolute Gasteiger partial charge is 0.107 e. The molecule has 0 aliphatic heterocycles. The van der Waals surface area contributed by atoms with E-state index in [-0.39, 0.29) is 0 Å². The minimum Gasteiger partial charge on any atom is -0.466 e. The molecule has 0 fully saturated rings. The molecule has 0 aromatic carbocycles. The van der Waals surface area contributed by atoms with Gasteiger partial charge in [-0.15, -0.1) is 0 Å². The van der Waals surface area contributed by atoms with Crippen LogP contribution < -0.4 is 5.32 Å². The summed E-state index contributed by atoms with van der Waals surface area (Å²) in [6.07, 6.45) is 0. The molecule has 86 valence electrons. The van der Waals surface area contributed by atoms with E-state index in [0.717, 1.165) is 17.1 Å². The zero-order valence-corrected chi connectivity index (χ0v) is 10.2. The highest BCUT2D eigenvalue weighted by molar-refractivity contribution is 5.26. The van der Waals surface area contributed by atoms with Crippen LogP contribution in [0.25, 0.3) is 0 Å². The van der Waals surface area contributed by atoms with E-state index < -0.39 is 5.60 Å². The van der Waals surface area contributed by atoms with Crippen LogP contribution in [0.3, 0.4) is 0 Å². The number of nitrogens with one attached hydrogen (secondary N) is 1. The molecule has 3 nitrogen and oxygen atoms in total. The van der Waals surface area contributed by atoms with Gasteiger partial charge in [0.15, 0.2) is 0 Å². The van der Waals surface area contributed by atoms with Gasteiger partial charge in [-0.2, -0.15) is 0 Å². The first kappa shape index (κ1) is 12.3. The molecule has 15 heavy (non-hydrogen) atoms. The van der Waals surface area contributed by atoms with Gasteiger partial charge >= 0.3 is 0 Å². The Morgan fingerprint density at radius 2 is 2.07 bits per heavy atom. The maximum Gasteiger partial charge on any atom is 0.107 e. The third-order valence-electron chi connectivity index (χ3n) is 2.48. The largest absolute Gasteiger partial charge is 0.466 e. The topological polar surface area (TPSA) is 45.4 Å². The molecule has 0 bridgehead atoms. The first-order valence-corrected chi connectivity index (χ1v) is 5.36. The number of aliphatic hydroxyl groups is 1. The minimum absolute atomic E-state index is 0.366. The fraction of sp³-hybridized carbons (Fsp3) is 0.667. The van der Waals surface area contributed by atoms with E-state index in [1.807, 2.05) is 19.9 Å². The van der Waals surface area contributed by atoms with Crippen LogP contribution >= 0.6 is 0 Å². The highest BCUT2D eigenvalue weighted by Crippen LogP contribution is 2.26. The molecule has 0 radical (unpaired) electrons. The van der Waals surface area contributed by atoms with Crippen molar-refractivity contribution in [2.24, 2.45) is 0 Å². The second-order valence-corrected chi connectivity index (χ2v) is 4.64. The van der Waals surface area contributed by atoms with E-state index in [1.165, 1.54) is 0 Å². The van der Waals surface area contributed by atoms with E-state index in [4.69, 9.17) is 4.42 Å². The standard InChI is InChI=1S/C12H21NO2/c1-8(2)13-7-12(5,14)11-6-9(3)15-10(11)4/h6,8,13-14H,7H2,1-5H3. The van der Waals surface area contributed by atoms with Crippen molar-refractivity contribution >= 4 is 0 Å². The predicted octanol–water partition coefficient (Wildman–Crippen LogP) is 2.10. The lowest BCUT2D eigenvalue weighted by molar-refractivity contribution is 0.0535. The monoisotopic (exact) mass is 211 g/mol. The lowest BCUT2D eigenvalue weighted by Crippen LogP contribution is -2.38. The highest BCUT2D eigenvalue weighted by Gasteiger charge is 2.27. The Bertz CT molecular complexity index is 326. The van der Waals surface area contributed by atoms with Crippen molar-refractivity contribution in [1.82, 2.24) is 5.32 Å². The SMILES string of the molecule is Cc1cc(C(C)(O)CNC(C)C)c(C)o1. The lowest BCUT2D eigenvalue weighted by Gasteiger charge is -2.24. The van der Waals surface area contributed by atoms with Crippen molar-refractivity contribution in [3.63, 3.8) is 0 Å². The van der Waals surface area contributed by atoms with Crippen molar-refractivity contribution in [2.75, 3.05) is 6.54 Å². The molecule has 0 spiro atoms. The maximum atomic E-state index is 10.3. The molecule has 1 heterocycles. The van der Waals surface area contributed by atoms with Crippen LogP contribution in [0.2, 0.25) is 0 Å². The minimum atomic E-state index is -0.869. The van der Waals surface area contributed by atoms with Gasteiger partial charge in [-0.1, -0.05) is 13.8 Å². The lowest BCUT2D eigenvalue weighted by atomic mass is 9.96. The summed E-state index contributed by atoms with van der Waals surface area (Å²) in [6, 6.07) is 2.27. The van der Waals surface area contributed by atoms with Gasteiger partial charge in [0.2, 0.25) is 0 Å². The first-order valence-electron chi connectivity index (χ1n) is 5.36. The van der Waals surface area contributed by atoms with Gasteiger partial charge < -0.3 is 14.8 Å². The molecule has 0 saturated heterocycles. The van der Waals surface area contributed by atoms with Crippen LogP contribution in [0.15, 0.2) is 10.5 Å². The predicted molar refractivity (Wildman–Crippen MR) is 60.9 cm³/mol. The summed E-state index contributed by atoms with van der Waals surface area (Å²) in [5.41, 5.74) is -0.000278. The fourth-order valence-corrected chi connectivity index (χ4v) is 1.66. The van der Waals surface area contributed by atoms with Gasteiger partial charge in [0.25, 0.3) is 0 Å². The maximum absolute atomic E-state index is 10.3. The second-order valence-electron chi connectivity index (χ2n) is 4.64. The van der Waals surface area contributed by atoms with Crippen molar-refractivity contribution < 1.29 is 9.52 Å². The third kappa shape index (κ3) is 3.08. The average molecular weight is 211 g/mol. The summed E-state index contributed by atoms with van der Waals surface area (Å²) in [4.78, 5) is 0. The zero-order valence-electron chi connectivity index (χ0n) is 10.2. The molecular formula is C12H21NO2. The van der Waals surface area contributed by atoms with Crippen LogP contribution in [0.4, 0.5) is 0 Å². The summed E-state index contributed by atoms with van der Waals surface area (Å²) in [5, 5.41) is 13.5. The van der Waals surface area contributed by atoms with Gasteiger partial charge in [-0.3, -0.25) is 0 Å². The van der Waals surface area contributed by atoms with Crippen molar-refractivity contribution in [1.29, 1.82) is 0 Å². The quantitative estimate of drug-likeness (QED) is 0.801. The Morgan fingerprint density at radius 1 is 1.47 bits per heavy atom. The Labute approximate surface area is 91.5 Å². The molecule has 2 N–H and O–H groups in total. The third-order valence-corrected chi connectivity index (χ3v) is 2.48. The molecule has 0 aliphatic carbocycles. The van der Waals surface area contributed by atoms with Gasteiger partial charge in [0.05, 0.1) is 0 Å². The van der Waals surface area contributed by atoms with Crippen LogP contribution in [0.1, 0.15) is 37.9 Å². The summed E-state index contributed by atoms with van der Waals surface area (Å²) in [6.45, 7) is 10.2. The number of hydrogen-bond acceptors (Lipinski definition) is 3. The fourth-order valence-electron chi connectivity index (χ4n) is 1.66. The Morgan fingerprint density at radius 3 is 2.47 bits per heavy atom. The van der Waals surface area contributed by atoms with Crippen molar-refractivity contribution in [3.8, 4) is 0 Å². The summed E-state index contributed by atoms with van der Waals surface area (Å²) >= 11 is 0. The van der Waals surface area contributed by atoms with Crippen LogP contribution in [0, 0.1) is 13.8 Å². The molecule has 3 heteroatoms. The van der Waals surface area contributed by atoms with Crippen LogP contribution in [-0.4, -0.2) is 17.7 Å². The number of aryl methyl sites for hydroxylation is 2. The molecule has 0 amide bonds. The summed E-state index contributed by atoms with van der Waals surface area (Å²) in [5.74, 6) is 1.63. The van der Waals surface area contributed by atoms with E-state index in [0.29, 0.717) is 12.6 Å². The van der Waals surface area contributed by atoms with Gasteiger partial charge in [-0.05, 0) is 26.8 Å². The normalized spacial score (nSPS) is 15.7. The molecule has 0 saturated carbocycles. The van der Waals surface area contributed by atoms with Gasteiger partial charge in [0.1, 0.15) is 17.1 Å². The molecule has 1 atom stereocenters. The molecule has 0 aliphatic rings. The first-order chi connectivity index (χ1) is 6.83. The molecule has 1 unspecified atom stereocenters. The van der Waals surface area contributed by atoms with E-state index >= 15 is 0 Å². The molecule has 1 aromatic heterocycles. The molecule has 1 rings (SSSR count). The van der Waals surface area contributed by atoms with E-state index in [9.17, 15) is 5.11 Å². The van der Waals surface area contributed by atoms with Crippen LogP contribution in [-0.2, 0) is 5.60 Å². The Kier molecular flexibility index (Phi) is 3.58. The van der Waals surface area contributed by atoms with Crippen molar-refractivity contribution in [3.05, 3.63) is 23.2 Å². The zero-order chi connectivity index (χ0) is 11.6. The van der Waals surface area contributed by atoms with E-state index in [1.54, 1.807) is 6.92 Å². The number of hydrogen-bond donors (Lipinski definition) is 2. The van der Waals surface area contributed by atoms with Crippen molar-refractivity contribution in [2.45, 2.75) is 46.3 Å². The van der Waals surface area contributed by atoms with Gasteiger partial charge in [0, 0.05) is 18.2 Å². The highest BCUT2D eigenvalue weighted by atomic mass is 16.3. The molecular weight excluding hydrogens is 190 g/mol. The van der Waals surface area contributed by atoms with Crippen LogP contribution in [0.5, 0.6) is 0 Å². The number of rotatable bonds is 4. The second kappa shape index (κ2) is 4.37. The Hall–Kier alpha value is -0.800. The van der Waals surface area contributed by atoms with E-state index in [2.05, 4.69) is 19.2 Å². The Balaban J connectivity index is 2.80. The molecule has 1 aromatic rings. The average Bonchev–Trinajstić information content (AvgIpc) is 2.43. The summed E-state index contributed by atoms with van der Waals surface area (Å²) in [7, 11) is 0. The summed E-state index contributed by atoms with van der Waals surface area (Å²) < 4.78 is 5.42. The number of furan rings is 1. The van der Waals surface area contributed by atoms with Gasteiger partial charge in [-0.25, -0.2) is 0 Å².